The summed E-state index contributed by atoms with van der Waals surface area (Å²) in [5, 5.41) is 7.57. The summed E-state index contributed by atoms with van der Waals surface area (Å²) in [6, 6.07) is 0. The van der Waals surface area contributed by atoms with Crippen molar-refractivity contribution in [3.63, 3.8) is 0 Å². The van der Waals surface area contributed by atoms with Gasteiger partial charge in [-0.05, 0) is 6.92 Å². The van der Waals surface area contributed by atoms with E-state index in [1.54, 1.807) is 6.92 Å². The van der Waals surface area contributed by atoms with Gasteiger partial charge in [0, 0.05) is 6.61 Å². The van der Waals surface area contributed by atoms with Gasteiger partial charge in [0.25, 0.3) is 0 Å². The first-order valence-electron chi connectivity index (χ1n) is 10.0. The molecule has 0 rings (SSSR count). The van der Waals surface area contributed by atoms with Crippen LogP contribution in [0.5, 0.6) is 0 Å². The highest BCUT2D eigenvalue weighted by Gasteiger charge is 1.34. The van der Waals surface area contributed by atoms with Crippen LogP contribution in [0.15, 0.2) is 237 Å². The first-order chi connectivity index (χ1) is 19.4. The van der Waals surface area contributed by atoms with Crippen LogP contribution in [0, 0.1) is 0 Å². The van der Waals surface area contributed by atoms with Crippen molar-refractivity contribution in [3.8, 4) is 0 Å². The molecule has 0 saturated carbocycles. The van der Waals surface area contributed by atoms with Gasteiger partial charge in [0.2, 0.25) is 0 Å². The largest absolute Gasteiger partial charge is 0.397 e. The number of rotatable bonds is 0. The van der Waals surface area contributed by atoms with Crippen LogP contribution in [0.25, 0.3) is 0 Å². The third kappa shape index (κ3) is 1460. The Morgan fingerprint density at radius 3 is 0.205 bits per heavy atom. The molecule has 0 radical (unpaired) electrons. The minimum atomic E-state index is 0.250. The SMILES string of the molecule is C=C.C=C.C=C.C=C.C=C.C=C.C=C.C=C.C=C.C=C.C=C.C=C.C=C.C=C.C=C.C=C.C=C.C=C.CCO. The molecule has 39 heavy (non-hydrogen) atoms. The van der Waals surface area contributed by atoms with E-state index in [9.17, 15) is 0 Å². The highest BCUT2D eigenvalue weighted by molar-refractivity contribution is 4.25. The van der Waals surface area contributed by atoms with E-state index < -0.39 is 0 Å². The fourth-order valence-corrected chi connectivity index (χ4v) is 0. The molecule has 1 heteroatoms. The average Bonchev–Trinajstić information content (AvgIpc) is 3.17. The van der Waals surface area contributed by atoms with E-state index in [-0.39, 0.29) is 6.61 Å². The van der Waals surface area contributed by atoms with Crippen LogP contribution in [-0.4, -0.2) is 11.7 Å². The summed E-state index contributed by atoms with van der Waals surface area (Å²) in [5.74, 6) is 0. The molecule has 0 atom stereocenters. The number of hydrogen-bond donors (Lipinski definition) is 1. The summed E-state index contributed by atoms with van der Waals surface area (Å²) < 4.78 is 0. The molecule has 1 nitrogen and oxygen atoms in total. The van der Waals surface area contributed by atoms with Crippen molar-refractivity contribution in [2.75, 3.05) is 6.61 Å². The number of aliphatic hydroxyl groups is 1. The van der Waals surface area contributed by atoms with Crippen molar-refractivity contribution in [2.24, 2.45) is 0 Å². The van der Waals surface area contributed by atoms with E-state index >= 15 is 0 Å². The molecule has 0 aliphatic carbocycles. The smallest absolute Gasteiger partial charge is 0.0402 e. The summed E-state index contributed by atoms with van der Waals surface area (Å²) in [7, 11) is 0. The van der Waals surface area contributed by atoms with Gasteiger partial charge in [0.15, 0.2) is 0 Å². The molecule has 0 amide bonds. The van der Waals surface area contributed by atoms with E-state index in [2.05, 4.69) is 237 Å². The van der Waals surface area contributed by atoms with Crippen LogP contribution < -0.4 is 0 Å². The summed E-state index contributed by atoms with van der Waals surface area (Å²) in [5.41, 5.74) is 0. The maximum atomic E-state index is 7.57. The van der Waals surface area contributed by atoms with E-state index in [1.807, 2.05) is 0 Å². The van der Waals surface area contributed by atoms with Crippen molar-refractivity contribution in [1.29, 1.82) is 0 Å². The van der Waals surface area contributed by atoms with Crippen LogP contribution in [0.3, 0.4) is 0 Å². The summed E-state index contributed by atoms with van der Waals surface area (Å²) in [6.07, 6.45) is 0. The molecule has 0 saturated heterocycles. The lowest BCUT2D eigenvalue weighted by atomic mass is 10.9. The molecule has 0 fully saturated rings. The van der Waals surface area contributed by atoms with Gasteiger partial charge in [0.1, 0.15) is 0 Å². The molecule has 0 unspecified atom stereocenters. The van der Waals surface area contributed by atoms with Gasteiger partial charge in [-0.2, -0.15) is 0 Å². The first-order valence-corrected chi connectivity index (χ1v) is 10.0. The molecule has 0 aromatic heterocycles. The fourth-order valence-electron chi connectivity index (χ4n) is 0. The predicted octanol–water partition coefficient (Wildman–Crippen LogP) is 14.4. The van der Waals surface area contributed by atoms with Crippen molar-refractivity contribution >= 4 is 0 Å². The molecule has 1 N–H and O–H groups in total. The van der Waals surface area contributed by atoms with Gasteiger partial charge in [-0.1, -0.05) is 0 Å². The summed E-state index contributed by atoms with van der Waals surface area (Å²) >= 11 is 0. The van der Waals surface area contributed by atoms with Crippen LogP contribution in [0.2, 0.25) is 0 Å². The van der Waals surface area contributed by atoms with Gasteiger partial charge in [-0.25, -0.2) is 0 Å². The van der Waals surface area contributed by atoms with E-state index in [1.165, 1.54) is 0 Å². The maximum absolute atomic E-state index is 7.57. The van der Waals surface area contributed by atoms with Crippen LogP contribution in [0.4, 0.5) is 0 Å². The Balaban J connectivity index is -0.00000000638. The number of hydrogen-bond acceptors (Lipinski definition) is 1. The number of aliphatic hydroxyl groups excluding tert-OH is 1. The van der Waals surface area contributed by atoms with Gasteiger partial charge in [-0.15, -0.1) is 237 Å². The Kier molecular flexibility index (Phi) is 10400. The van der Waals surface area contributed by atoms with Gasteiger partial charge >= 0.3 is 0 Å². The molecule has 236 valence electrons. The zero-order valence-corrected chi connectivity index (χ0v) is 27.6. The summed E-state index contributed by atoms with van der Waals surface area (Å²) in [4.78, 5) is 0. The van der Waals surface area contributed by atoms with Crippen molar-refractivity contribution in [3.05, 3.63) is 237 Å². The fraction of sp³-hybridized carbons (Fsp3) is 0.0526. The molecular formula is C38H78O. The zero-order chi connectivity index (χ0) is 38.7. The molecule has 0 aromatic carbocycles. The third-order valence-electron chi connectivity index (χ3n) is 0. The molecule has 0 spiro atoms. The second-order valence-corrected chi connectivity index (χ2v) is 0.316. The molecule has 0 bridgehead atoms. The predicted molar refractivity (Wildman–Crippen MR) is 215 cm³/mol. The van der Waals surface area contributed by atoms with Crippen LogP contribution in [0.1, 0.15) is 6.92 Å². The lowest BCUT2D eigenvalue weighted by molar-refractivity contribution is 0.318. The molecule has 0 aliphatic heterocycles. The highest BCUT2D eigenvalue weighted by atomic mass is 16.2. The Bertz CT molecular complexity index is 93.1. The van der Waals surface area contributed by atoms with Gasteiger partial charge < -0.3 is 5.11 Å². The van der Waals surface area contributed by atoms with Crippen molar-refractivity contribution in [2.45, 2.75) is 6.92 Å². The second-order valence-electron chi connectivity index (χ2n) is 0.316. The minimum Gasteiger partial charge on any atom is -0.397 e. The Labute approximate surface area is 255 Å². The van der Waals surface area contributed by atoms with E-state index in [4.69, 9.17) is 5.11 Å². The van der Waals surface area contributed by atoms with Crippen molar-refractivity contribution in [1.82, 2.24) is 0 Å². The maximum Gasteiger partial charge on any atom is 0.0402 e. The lowest BCUT2D eigenvalue weighted by Gasteiger charge is -1.52. The second kappa shape index (κ2) is 2510. The first kappa shape index (κ1) is 163. The van der Waals surface area contributed by atoms with Crippen molar-refractivity contribution < 1.29 is 5.11 Å². The topological polar surface area (TPSA) is 20.2 Å². The summed E-state index contributed by atoms with van der Waals surface area (Å²) in [6.45, 7) is 110. The van der Waals surface area contributed by atoms with Crippen LogP contribution in [-0.2, 0) is 0 Å². The Morgan fingerprint density at radius 1 is 0.205 bits per heavy atom. The molecular weight excluding hydrogens is 472 g/mol. The lowest BCUT2D eigenvalue weighted by Crippen LogP contribution is -1.57. The molecule has 0 aromatic rings. The quantitative estimate of drug-likeness (QED) is 0.297. The Hall–Kier alpha value is -4.72. The average molecular weight is 551 g/mol. The minimum absolute atomic E-state index is 0.250. The Morgan fingerprint density at radius 2 is 0.205 bits per heavy atom. The highest BCUT2D eigenvalue weighted by Crippen LogP contribution is 1.30. The molecule has 0 heterocycles. The van der Waals surface area contributed by atoms with E-state index in [0.29, 0.717) is 0 Å². The normalized spacial score (nSPS) is 2.31. The zero-order valence-electron chi connectivity index (χ0n) is 27.6. The van der Waals surface area contributed by atoms with Gasteiger partial charge in [0.05, 0.1) is 0 Å². The van der Waals surface area contributed by atoms with Gasteiger partial charge in [-0.3, -0.25) is 0 Å². The molecule has 0 aliphatic rings. The monoisotopic (exact) mass is 551 g/mol. The van der Waals surface area contributed by atoms with Crippen LogP contribution >= 0.6 is 0 Å². The standard InChI is InChI=1S/C2H6O.18C2H4/c1-2-3;18*1-2/h3H,2H2,1H3;18*1-2H2. The third-order valence-corrected chi connectivity index (χ3v) is 0. The van der Waals surface area contributed by atoms with E-state index in [0.717, 1.165) is 0 Å².